The van der Waals surface area contributed by atoms with Gasteiger partial charge in [0, 0.05) is 24.0 Å². The third-order valence-corrected chi connectivity index (χ3v) is 10.8. The Morgan fingerprint density at radius 2 is 0.923 bits per heavy atom. The van der Waals surface area contributed by atoms with E-state index in [9.17, 15) is 18.4 Å². The van der Waals surface area contributed by atoms with Crippen molar-refractivity contribution < 1.29 is 47.2 Å². The molecule has 342 valence electrons. The number of hydrogen-bond donors (Lipinski definition) is 1. The van der Waals surface area contributed by atoms with Crippen molar-refractivity contribution in [1.29, 1.82) is 0 Å². The molecular weight excluding hydrogens is 827 g/mol. The molecule has 0 aliphatic heterocycles. The number of carbonyl (C=O) groups excluding carboxylic acids is 1. The van der Waals surface area contributed by atoms with Gasteiger partial charge in [-0.25, -0.2) is 8.78 Å². The molecule has 65 heavy (non-hydrogen) atoms. The number of hydrogen-bond acceptors (Lipinski definition) is 7. The van der Waals surface area contributed by atoms with Crippen LogP contribution in [0, 0.1) is 11.6 Å². The summed E-state index contributed by atoms with van der Waals surface area (Å²) >= 11 is 0. The van der Waals surface area contributed by atoms with Crippen molar-refractivity contribution in [3.63, 3.8) is 0 Å². The summed E-state index contributed by atoms with van der Waals surface area (Å²) in [5, 5.41) is 8.88. The van der Waals surface area contributed by atoms with Crippen molar-refractivity contribution in [3.05, 3.63) is 166 Å². The van der Waals surface area contributed by atoms with Crippen LogP contribution in [0.2, 0.25) is 0 Å². The summed E-state index contributed by atoms with van der Waals surface area (Å²) in [6.07, 6.45) is 1.47. The molecule has 0 unspecified atom stereocenters. The predicted octanol–water partition coefficient (Wildman–Crippen LogP) is 12.9. The highest BCUT2D eigenvalue weighted by Crippen LogP contribution is 2.38. The Morgan fingerprint density at radius 3 is 1.31 bits per heavy atom. The molecule has 10 heteroatoms. The maximum atomic E-state index is 14.7. The van der Waals surface area contributed by atoms with Gasteiger partial charge in [-0.3, -0.25) is 9.59 Å². The van der Waals surface area contributed by atoms with Gasteiger partial charge in [0.05, 0.1) is 21.3 Å². The summed E-state index contributed by atoms with van der Waals surface area (Å²) in [5.41, 5.74) is 8.22. The smallest absolute Gasteiger partial charge is 0.305 e. The van der Waals surface area contributed by atoms with E-state index in [1.54, 1.807) is 38.5 Å². The van der Waals surface area contributed by atoms with Crippen molar-refractivity contribution in [3.8, 4) is 45.3 Å². The Balaban J connectivity index is 0.000000244. The SMILES string of the molecule is COC(=O)CCc1cccc(OCc2ccc(-c3cc(OC)ccc3F)c(C(C)(C)C)c2)c1.COc1ccc(F)c(-c2ccc(COc3cccc(CCC(=O)O)c3)cc2C(C)(C)C)c1. The van der Waals surface area contributed by atoms with E-state index in [4.69, 9.17) is 28.8 Å². The van der Waals surface area contributed by atoms with Gasteiger partial charge in [-0.15, -0.1) is 0 Å². The molecule has 0 saturated heterocycles. The molecule has 1 N–H and O–H groups in total. The molecule has 6 aromatic rings. The number of carbonyl (C=O) groups is 2. The Hall–Kier alpha value is -6.68. The summed E-state index contributed by atoms with van der Waals surface area (Å²) in [6.45, 7) is 13.4. The van der Waals surface area contributed by atoms with Crippen LogP contribution in [0.5, 0.6) is 23.0 Å². The first-order valence-electron chi connectivity index (χ1n) is 21.5. The minimum atomic E-state index is -0.821. The van der Waals surface area contributed by atoms with Gasteiger partial charge in [0.1, 0.15) is 47.8 Å². The standard InChI is InChI=1S/C28H31FO4.C27H29FO4/c1-28(2,3)25-16-20(9-12-23(25)24-17-21(31-4)11-13-26(24)29)18-33-22-8-6-7-19(15-22)10-14-27(30)32-5;1-27(2,3)24-15-19(8-11-22(24)23-16-20(31-4)10-12-25(23)28)17-32-21-7-5-6-18(14-21)9-13-26(29)30/h6-9,11-13,15-17H,10,14,18H2,1-5H3;5-8,10-12,14-16H,9,13,17H2,1-4H3,(H,29,30). The zero-order chi connectivity index (χ0) is 47.3. The number of carboxylic acids is 1. The summed E-state index contributed by atoms with van der Waals surface area (Å²) in [6, 6.07) is 36.7. The number of methoxy groups -OCH3 is 3. The molecule has 0 amide bonds. The van der Waals surface area contributed by atoms with Gasteiger partial charge < -0.3 is 28.8 Å². The normalized spacial score (nSPS) is 11.2. The molecule has 0 heterocycles. The Bertz CT molecular complexity index is 2570. The van der Waals surface area contributed by atoms with Crippen LogP contribution in [0.4, 0.5) is 8.78 Å². The molecule has 0 aliphatic rings. The van der Waals surface area contributed by atoms with E-state index in [0.717, 1.165) is 50.3 Å². The molecule has 0 atom stereocenters. The molecule has 6 aromatic carbocycles. The second-order valence-corrected chi connectivity index (χ2v) is 17.8. The Labute approximate surface area is 382 Å². The lowest BCUT2D eigenvalue weighted by molar-refractivity contribution is -0.140. The first-order valence-corrected chi connectivity index (χ1v) is 21.5. The molecule has 0 aliphatic carbocycles. The molecule has 0 fully saturated rings. The summed E-state index contributed by atoms with van der Waals surface area (Å²) in [4.78, 5) is 22.2. The van der Waals surface area contributed by atoms with Crippen molar-refractivity contribution in [2.45, 2.75) is 91.3 Å². The number of carboxylic acid groups (broad SMARTS) is 1. The third-order valence-electron chi connectivity index (χ3n) is 10.8. The fourth-order valence-electron chi connectivity index (χ4n) is 7.26. The van der Waals surface area contributed by atoms with Crippen LogP contribution in [0.1, 0.15) is 87.8 Å². The third kappa shape index (κ3) is 14.2. The molecule has 0 saturated carbocycles. The number of benzene rings is 6. The molecule has 6 rings (SSSR count). The monoisotopic (exact) mass is 886 g/mol. The van der Waals surface area contributed by atoms with E-state index < -0.39 is 5.97 Å². The van der Waals surface area contributed by atoms with Gasteiger partial charge >= 0.3 is 11.9 Å². The van der Waals surface area contributed by atoms with Crippen molar-refractivity contribution in [2.24, 2.45) is 0 Å². The van der Waals surface area contributed by atoms with Crippen LogP contribution >= 0.6 is 0 Å². The summed E-state index contributed by atoms with van der Waals surface area (Å²) < 4.78 is 56.7. The highest BCUT2D eigenvalue weighted by atomic mass is 19.1. The van der Waals surface area contributed by atoms with E-state index in [-0.39, 0.29) is 34.9 Å². The van der Waals surface area contributed by atoms with Crippen LogP contribution < -0.4 is 18.9 Å². The fourth-order valence-corrected chi connectivity index (χ4v) is 7.26. The Kier molecular flexibility index (Phi) is 16.9. The van der Waals surface area contributed by atoms with E-state index in [1.807, 2.05) is 72.8 Å². The number of ether oxygens (including phenoxy) is 5. The summed E-state index contributed by atoms with van der Waals surface area (Å²) in [7, 11) is 4.53. The Morgan fingerprint density at radius 1 is 0.492 bits per heavy atom. The topological polar surface area (TPSA) is 101 Å². The highest BCUT2D eigenvalue weighted by Gasteiger charge is 2.23. The number of halogens is 2. The average Bonchev–Trinajstić information content (AvgIpc) is 3.29. The quantitative estimate of drug-likeness (QED) is 0.0959. The van der Waals surface area contributed by atoms with Gasteiger partial charge in [-0.05, 0) is 129 Å². The highest BCUT2D eigenvalue weighted by molar-refractivity contribution is 5.73. The fraction of sp³-hybridized carbons (Fsp3) is 0.309. The number of rotatable bonds is 16. The van der Waals surface area contributed by atoms with Crippen LogP contribution in [-0.4, -0.2) is 38.4 Å². The molecule has 0 bridgehead atoms. The van der Waals surface area contributed by atoms with Crippen LogP contribution in [0.15, 0.2) is 121 Å². The number of aliphatic carboxylic acids is 1. The van der Waals surface area contributed by atoms with Gasteiger partial charge in [-0.1, -0.05) is 102 Å². The summed E-state index contributed by atoms with van der Waals surface area (Å²) in [5.74, 6) is 1.02. The zero-order valence-corrected chi connectivity index (χ0v) is 38.9. The first-order chi connectivity index (χ1) is 30.9. The lowest BCUT2D eigenvalue weighted by atomic mass is 9.81. The lowest BCUT2D eigenvalue weighted by Crippen LogP contribution is -2.14. The second kappa shape index (κ2) is 22.3. The lowest BCUT2D eigenvalue weighted by Gasteiger charge is -2.24. The van der Waals surface area contributed by atoms with Gasteiger partial charge in [0.25, 0.3) is 0 Å². The number of esters is 1. The molecule has 0 radical (unpaired) electrons. The van der Waals surface area contributed by atoms with Crippen LogP contribution in [-0.2, 0) is 51.2 Å². The first kappa shape index (κ1) is 49.3. The minimum absolute atomic E-state index is 0.0840. The van der Waals surface area contributed by atoms with Gasteiger partial charge in [0.15, 0.2) is 0 Å². The maximum absolute atomic E-state index is 14.7. The van der Waals surface area contributed by atoms with Crippen molar-refractivity contribution in [2.75, 3.05) is 21.3 Å². The van der Waals surface area contributed by atoms with Crippen molar-refractivity contribution >= 4 is 11.9 Å². The number of aryl methyl sites for hydroxylation is 2. The van der Waals surface area contributed by atoms with Crippen LogP contribution in [0.3, 0.4) is 0 Å². The van der Waals surface area contributed by atoms with E-state index in [1.165, 1.54) is 19.2 Å². The molecular formula is C55H60F2O8. The maximum Gasteiger partial charge on any atom is 0.305 e. The predicted molar refractivity (Wildman–Crippen MR) is 252 cm³/mol. The molecule has 0 spiro atoms. The average molecular weight is 887 g/mol. The van der Waals surface area contributed by atoms with E-state index in [2.05, 4.69) is 53.7 Å². The zero-order valence-electron chi connectivity index (χ0n) is 38.9. The van der Waals surface area contributed by atoms with E-state index in [0.29, 0.717) is 60.9 Å². The van der Waals surface area contributed by atoms with Crippen LogP contribution in [0.25, 0.3) is 22.3 Å². The van der Waals surface area contributed by atoms with Gasteiger partial charge in [-0.2, -0.15) is 0 Å². The minimum Gasteiger partial charge on any atom is -0.497 e. The van der Waals surface area contributed by atoms with Gasteiger partial charge in [0.2, 0.25) is 0 Å². The molecule has 8 nitrogen and oxygen atoms in total. The molecule has 0 aromatic heterocycles. The second-order valence-electron chi connectivity index (χ2n) is 17.8. The van der Waals surface area contributed by atoms with Crippen molar-refractivity contribution in [1.82, 2.24) is 0 Å². The van der Waals surface area contributed by atoms with E-state index >= 15 is 0 Å². The largest absolute Gasteiger partial charge is 0.497 e.